The number of amides is 2. The minimum absolute atomic E-state index is 0.0221. The molecule has 1 unspecified atom stereocenters. The Morgan fingerprint density at radius 2 is 2.15 bits per heavy atom. The van der Waals surface area contributed by atoms with Crippen LogP contribution in [-0.4, -0.2) is 60.9 Å². The Morgan fingerprint density at radius 1 is 1.38 bits per heavy atom. The second-order valence-electron chi connectivity index (χ2n) is 3.58. The highest BCUT2D eigenvalue weighted by atomic mass is 16.2. The van der Waals surface area contributed by atoms with Crippen LogP contribution in [0.4, 0.5) is 0 Å². The van der Waals surface area contributed by atoms with Gasteiger partial charge < -0.3 is 15.1 Å². The minimum atomic E-state index is -0.264. The van der Waals surface area contributed by atoms with Gasteiger partial charge in [-0.15, -0.1) is 0 Å². The second-order valence-corrected chi connectivity index (χ2v) is 3.58. The maximum Gasteiger partial charge on any atom is 0.244 e. The van der Waals surface area contributed by atoms with Gasteiger partial charge in [-0.2, -0.15) is 0 Å². The molecule has 0 aromatic carbocycles. The first-order valence-electron chi connectivity index (χ1n) is 4.44. The monoisotopic (exact) mass is 183 g/mol. The summed E-state index contributed by atoms with van der Waals surface area (Å²) in [5.74, 6) is 0.0175. The van der Waals surface area contributed by atoms with Crippen LogP contribution in [0.25, 0.3) is 0 Å². The van der Waals surface area contributed by atoms with Crippen LogP contribution in [0.15, 0.2) is 0 Å². The zero-order chi connectivity index (χ0) is 9.42. The van der Waals surface area contributed by atoms with Gasteiger partial charge in [0.15, 0.2) is 0 Å². The number of nitrogens with one attached hydrogen (secondary N) is 1. The Hall–Kier alpha value is -1.10. The van der Waals surface area contributed by atoms with E-state index < -0.39 is 0 Å². The Morgan fingerprint density at radius 3 is 2.92 bits per heavy atom. The van der Waals surface area contributed by atoms with Gasteiger partial charge in [-0.1, -0.05) is 0 Å². The number of piperazine rings is 2. The average Bonchev–Trinajstić information content (AvgIpc) is 2.12. The number of likely N-dealkylation sites (N-methyl/N-ethyl adjacent to an activating group) is 1. The summed E-state index contributed by atoms with van der Waals surface area (Å²) in [5.41, 5.74) is 0. The molecule has 2 aliphatic heterocycles. The third kappa shape index (κ3) is 1.39. The molecule has 2 heterocycles. The zero-order valence-electron chi connectivity index (χ0n) is 7.62. The summed E-state index contributed by atoms with van der Waals surface area (Å²) in [7, 11) is 1.96. The second kappa shape index (κ2) is 2.99. The van der Waals surface area contributed by atoms with E-state index in [0.717, 1.165) is 6.54 Å². The van der Waals surface area contributed by atoms with Crippen molar-refractivity contribution in [1.82, 2.24) is 15.1 Å². The lowest BCUT2D eigenvalue weighted by atomic mass is 10.1. The summed E-state index contributed by atoms with van der Waals surface area (Å²) in [6.07, 6.45) is 0. The molecule has 1 N–H and O–H groups in total. The van der Waals surface area contributed by atoms with E-state index in [9.17, 15) is 9.59 Å². The van der Waals surface area contributed by atoms with Crippen molar-refractivity contribution in [3.63, 3.8) is 0 Å². The van der Waals surface area contributed by atoms with Crippen LogP contribution in [0.2, 0.25) is 0 Å². The third-order valence-corrected chi connectivity index (χ3v) is 2.62. The summed E-state index contributed by atoms with van der Waals surface area (Å²) < 4.78 is 0. The number of carbonyl (C=O) groups is 2. The Balaban J connectivity index is 2.15. The number of carbonyl (C=O) groups excluding carboxylic acids is 2. The molecule has 5 nitrogen and oxygen atoms in total. The molecule has 1 atom stereocenters. The summed E-state index contributed by atoms with van der Waals surface area (Å²) in [5, 5.41) is 2.59. The molecule has 2 aliphatic rings. The van der Waals surface area contributed by atoms with Crippen molar-refractivity contribution < 1.29 is 9.59 Å². The first kappa shape index (κ1) is 8.50. The molecule has 0 aliphatic carbocycles. The number of hydrogen-bond donors (Lipinski definition) is 1. The summed E-state index contributed by atoms with van der Waals surface area (Å²) in [6, 6.07) is -0.264. The van der Waals surface area contributed by atoms with Crippen LogP contribution >= 0.6 is 0 Å². The van der Waals surface area contributed by atoms with E-state index in [1.165, 1.54) is 0 Å². The standard InChI is InChI=1S/C8H13N3O2/c1-10-2-3-11-6(5-10)8(13)9-4-7(11)12/h6H,2-5H2,1H3,(H,9,13). The predicted molar refractivity (Wildman–Crippen MR) is 46.0 cm³/mol. The van der Waals surface area contributed by atoms with Gasteiger partial charge in [0.1, 0.15) is 6.04 Å². The fourth-order valence-electron chi connectivity index (χ4n) is 1.82. The molecule has 13 heavy (non-hydrogen) atoms. The fourth-order valence-corrected chi connectivity index (χ4v) is 1.82. The molecule has 5 heteroatoms. The van der Waals surface area contributed by atoms with Gasteiger partial charge in [0.25, 0.3) is 0 Å². The van der Waals surface area contributed by atoms with E-state index in [2.05, 4.69) is 10.2 Å². The highest BCUT2D eigenvalue weighted by Gasteiger charge is 2.37. The van der Waals surface area contributed by atoms with Gasteiger partial charge in [0.05, 0.1) is 6.54 Å². The molecule has 2 amide bonds. The van der Waals surface area contributed by atoms with Crippen molar-refractivity contribution >= 4 is 11.8 Å². The predicted octanol–water partition coefficient (Wildman–Crippen LogP) is -1.74. The van der Waals surface area contributed by atoms with Crippen LogP contribution in [0.5, 0.6) is 0 Å². The number of rotatable bonds is 0. The Bertz CT molecular complexity index is 254. The lowest BCUT2D eigenvalue weighted by Crippen LogP contribution is -2.65. The summed E-state index contributed by atoms with van der Waals surface area (Å²) >= 11 is 0. The number of fused-ring (bicyclic) bond motifs is 1. The van der Waals surface area contributed by atoms with Gasteiger partial charge in [0, 0.05) is 19.6 Å². The maximum atomic E-state index is 11.4. The molecule has 0 aromatic rings. The van der Waals surface area contributed by atoms with Crippen molar-refractivity contribution in [3.05, 3.63) is 0 Å². The third-order valence-electron chi connectivity index (χ3n) is 2.62. The molecule has 0 saturated carbocycles. The van der Waals surface area contributed by atoms with E-state index >= 15 is 0 Å². The van der Waals surface area contributed by atoms with E-state index in [4.69, 9.17) is 0 Å². The lowest BCUT2D eigenvalue weighted by Gasteiger charge is -2.41. The Labute approximate surface area is 76.7 Å². The molecule has 2 saturated heterocycles. The van der Waals surface area contributed by atoms with Gasteiger partial charge in [0.2, 0.25) is 11.8 Å². The van der Waals surface area contributed by atoms with Crippen LogP contribution < -0.4 is 5.32 Å². The highest BCUT2D eigenvalue weighted by Crippen LogP contribution is 2.11. The molecular formula is C8H13N3O2. The fraction of sp³-hybridized carbons (Fsp3) is 0.750. The van der Waals surface area contributed by atoms with Crippen molar-refractivity contribution in [2.24, 2.45) is 0 Å². The van der Waals surface area contributed by atoms with Crippen LogP contribution in [0, 0.1) is 0 Å². The molecule has 2 rings (SSSR count). The molecule has 72 valence electrons. The molecule has 2 fully saturated rings. The molecular weight excluding hydrogens is 170 g/mol. The van der Waals surface area contributed by atoms with Gasteiger partial charge in [-0.25, -0.2) is 0 Å². The highest BCUT2D eigenvalue weighted by molar-refractivity contribution is 5.95. The first-order valence-corrected chi connectivity index (χ1v) is 4.44. The van der Waals surface area contributed by atoms with Crippen molar-refractivity contribution in [1.29, 1.82) is 0 Å². The normalized spacial score (nSPS) is 29.9. The lowest BCUT2D eigenvalue weighted by molar-refractivity contribution is -0.148. The number of hydrogen-bond acceptors (Lipinski definition) is 3. The summed E-state index contributed by atoms with van der Waals surface area (Å²) in [6.45, 7) is 2.35. The van der Waals surface area contributed by atoms with Crippen molar-refractivity contribution in [2.75, 3.05) is 33.2 Å². The van der Waals surface area contributed by atoms with Crippen LogP contribution in [-0.2, 0) is 9.59 Å². The van der Waals surface area contributed by atoms with E-state index in [-0.39, 0.29) is 24.4 Å². The van der Waals surface area contributed by atoms with Crippen molar-refractivity contribution in [2.45, 2.75) is 6.04 Å². The molecule has 0 radical (unpaired) electrons. The average molecular weight is 183 g/mol. The van der Waals surface area contributed by atoms with Gasteiger partial charge in [-0.05, 0) is 7.05 Å². The van der Waals surface area contributed by atoms with Crippen molar-refractivity contribution in [3.8, 4) is 0 Å². The van der Waals surface area contributed by atoms with E-state index in [1.807, 2.05) is 7.05 Å². The van der Waals surface area contributed by atoms with Gasteiger partial charge in [-0.3, -0.25) is 9.59 Å². The smallest absolute Gasteiger partial charge is 0.244 e. The molecule has 0 spiro atoms. The zero-order valence-corrected chi connectivity index (χ0v) is 7.62. The van der Waals surface area contributed by atoms with Gasteiger partial charge >= 0.3 is 0 Å². The minimum Gasteiger partial charge on any atom is -0.345 e. The SMILES string of the molecule is CN1CCN2C(=O)CNC(=O)C2C1. The quantitative estimate of drug-likeness (QED) is 0.485. The summed E-state index contributed by atoms with van der Waals surface area (Å²) in [4.78, 5) is 26.5. The van der Waals surface area contributed by atoms with E-state index in [1.54, 1.807) is 4.90 Å². The maximum absolute atomic E-state index is 11.4. The van der Waals surface area contributed by atoms with E-state index in [0.29, 0.717) is 13.1 Å². The molecule has 0 bridgehead atoms. The molecule has 0 aromatic heterocycles. The van der Waals surface area contributed by atoms with Crippen LogP contribution in [0.3, 0.4) is 0 Å². The first-order chi connectivity index (χ1) is 6.18. The topological polar surface area (TPSA) is 52.6 Å². The van der Waals surface area contributed by atoms with Crippen LogP contribution in [0.1, 0.15) is 0 Å². The Kier molecular flexibility index (Phi) is 1.95. The largest absolute Gasteiger partial charge is 0.345 e. The number of nitrogens with zero attached hydrogens (tertiary/aromatic N) is 2.